The van der Waals surface area contributed by atoms with E-state index in [2.05, 4.69) is 40.2 Å². The van der Waals surface area contributed by atoms with Crippen LogP contribution >= 0.6 is 0 Å². The summed E-state index contributed by atoms with van der Waals surface area (Å²) >= 11 is 0. The fraction of sp³-hybridized carbons (Fsp3) is 0.233. The summed E-state index contributed by atoms with van der Waals surface area (Å²) in [6, 6.07) is 20.1. The summed E-state index contributed by atoms with van der Waals surface area (Å²) < 4.78 is 0. The molecule has 1 aliphatic carbocycles. The standard InChI is InChI=1S/C30H30N4O3/c35-24-8-4-7-23(17-24)33-28(36)14-15-31-19-20-9-11-22(12-10-20)29-25(21-5-2-1-3-6-21)18-26-27(34-29)13-16-32-30(26)37/h1-6,8-12,17-18,23,31,35H,7,13-16,19H2,(H,32,37)(H,33,36). The van der Waals surface area contributed by atoms with Crippen LogP contribution in [0.1, 0.15) is 34.5 Å². The summed E-state index contributed by atoms with van der Waals surface area (Å²) in [4.78, 5) is 29.6. The van der Waals surface area contributed by atoms with Gasteiger partial charge in [0.25, 0.3) is 5.91 Å². The second-order valence-corrected chi connectivity index (χ2v) is 9.28. The fourth-order valence-electron chi connectivity index (χ4n) is 4.65. The van der Waals surface area contributed by atoms with E-state index in [0.29, 0.717) is 44.5 Å². The normalized spacial score (nSPS) is 16.5. The summed E-state index contributed by atoms with van der Waals surface area (Å²) in [6.45, 7) is 1.80. The van der Waals surface area contributed by atoms with Gasteiger partial charge in [0.15, 0.2) is 0 Å². The van der Waals surface area contributed by atoms with E-state index in [1.165, 1.54) is 0 Å². The van der Waals surface area contributed by atoms with Crippen molar-refractivity contribution in [1.82, 2.24) is 20.9 Å². The van der Waals surface area contributed by atoms with Crippen molar-refractivity contribution in [2.75, 3.05) is 13.1 Å². The van der Waals surface area contributed by atoms with Gasteiger partial charge in [0.2, 0.25) is 5.91 Å². The van der Waals surface area contributed by atoms with Crippen LogP contribution in [0.4, 0.5) is 0 Å². The van der Waals surface area contributed by atoms with Gasteiger partial charge in [0.1, 0.15) is 5.76 Å². The van der Waals surface area contributed by atoms with E-state index in [1.54, 1.807) is 12.2 Å². The number of hydrogen-bond acceptors (Lipinski definition) is 5. The number of carbonyl (C=O) groups is 2. The Morgan fingerprint density at radius 2 is 1.86 bits per heavy atom. The van der Waals surface area contributed by atoms with Gasteiger partial charge in [-0.2, -0.15) is 0 Å². The number of pyridine rings is 1. The van der Waals surface area contributed by atoms with Gasteiger partial charge in [0.05, 0.1) is 23.0 Å². The quantitative estimate of drug-likeness (QED) is 0.354. The number of nitrogens with zero attached hydrogens (tertiary/aromatic N) is 1. The summed E-state index contributed by atoms with van der Waals surface area (Å²) in [5, 5.41) is 18.7. The third-order valence-electron chi connectivity index (χ3n) is 6.56. The van der Waals surface area contributed by atoms with Crippen molar-refractivity contribution in [2.45, 2.75) is 31.8 Å². The van der Waals surface area contributed by atoms with Gasteiger partial charge < -0.3 is 21.1 Å². The third-order valence-corrected chi connectivity index (χ3v) is 6.56. The van der Waals surface area contributed by atoms with E-state index in [4.69, 9.17) is 4.98 Å². The molecule has 0 fully saturated rings. The largest absolute Gasteiger partial charge is 0.508 e. The molecule has 1 aromatic heterocycles. The Hall–Kier alpha value is -4.23. The van der Waals surface area contributed by atoms with Gasteiger partial charge >= 0.3 is 0 Å². The fourth-order valence-corrected chi connectivity index (χ4v) is 4.65. The number of carbonyl (C=O) groups excluding carboxylic acids is 2. The molecule has 0 saturated carbocycles. The van der Waals surface area contributed by atoms with Crippen LogP contribution in [0.25, 0.3) is 22.4 Å². The first kappa shape index (κ1) is 24.5. The van der Waals surface area contributed by atoms with E-state index in [1.807, 2.05) is 42.5 Å². The van der Waals surface area contributed by atoms with Crippen LogP contribution in [0.15, 0.2) is 84.7 Å². The van der Waals surface area contributed by atoms with Crippen molar-refractivity contribution in [3.63, 3.8) is 0 Å². The van der Waals surface area contributed by atoms with Crippen molar-refractivity contribution in [2.24, 2.45) is 0 Å². The van der Waals surface area contributed by atoms with Crippen molar-refractivity contribution < 1.29 is 14.7 Å². The zero-order valence-electron chi connectivity index (χ0n) is 20.5. The summed E-state index contributed by atoms with van der Waals surface area (Å²) in [6.07, 6.45) is 6.91. The van der Waals surface area contributed by atoms with Gasteiger partial charge in [0, 0.05) is 43.6 Å². The lowest BCUT2D eigenvalue weighted by molar-refractivity contribution is -0.121. The number of aliphatic hydroxyl groups is 1. The zero-order chi connectivity index (χ0) is 25.6. The van der Waals surface area contributed by atoms with Crippen molar-refractivity contribution in [3.8, 4) is 22.4 Å². The molecular formula is C30H30N4O3. The second kappa shape index (κ2) is 11.2. The van der Waals surface area contributed by atoms with Gasteiger partial charge in [-0.25, -0.2) is 0 Å². The van der Waals surface area contributed by atoms with Crippen molar-refractivity contribution in [1.29, 1.82) is 0 Å². The number of aliphatic hydroxyl groups excluding tert-OH is 1. The van der Waals surface area contributed by atoms with E-state index >= 15 is 0 Å². The van der Waals surface area contributed by atoms with Crippen LogP contribution in [0.2, 0.25) is 0 Å². The Morgan fingerprint density at radius 1 is 1.05 bits per heavy atom. The van der Waals surface area contributed by atoms with Crippen LogP contribution < -0.4 is 16.0 Å². The molecule has 2 heterocycles. The summed E-state index contributed by atoms with van der Waals surface area (Å²) in [5.41, 5.74) is 6.40. The number of benzene rings is 2. The minimum Gasteiger partial charge on any atom is -0.508 e. The molecule has 2 amide bonds. The molecular weight excluding hydrogens is 464 g/mol. The minimum absolute atomic E-state index is 0.0483. The highest BCUT2D eigenvalue weighted by molar-refractivity contribution is 5.99. The maximum absolute atomic E-state index is 12.4. The lowest BCUT2D eigenvalue weighted by Crippen LogP contribution is -2.35. The lowest BCUT2D eigenvalue weighted by atomic mass is 9.94. The molecule has 7 heteroatoms. The average molecular weight is 495 g/mol. The van der Waals surface area contributed by atoms with Crippen LogP contribution in [0.3, 0.4) is 0 Å². The Bertz CT molecular complexity index is 1350. The molecule has 1 aliphatic heterocycles. The Balaban J connectivity index is 1.24. The van der Waals surface area contributed by atoms with Crippen molar-refractivity contribution >= 4 is 11.8 Å². The highest BCUT2D eigenvalue weighted by Crippen LogP contribution is 2.33. The monoisotopic (exact) mass is 494 g/mol. The molecule has 3 aromatic rings. The predicted octanol–water partition coefficient (Wildman–Crippen LogP) is 4.07. The van der Waals surface area contributed by atoms with Crippen LogP contribution in [0.5, 0.6) is 0 Å². The van der Waals surface area contributed by atoms with E-state index in [9.17, 15) is 14.7 Å². The number of allylic oxidation sites excluding steroid dienone is 1. The molecule has 1 atom stereocenters. The molecule has 37 heavy (non-hydrogen) atoms. The number of amides is 2. The first-order chi connectivity index (χ1) is 18.1. The Kier molecular flexibility index (Phi) is 7.42. The molecule has 1 unspecified atom stereocenters. The van der Waals surface area contributed by atoms with E-state index in [-0.39, 0.29) is 23.6 Å². The van der Waals surface area contributed by atoms with Crippen LogP contribution in [-0.4, -0.2) is 41.0 Å². The maximum atomic E-state index is 12.4. The number of hydrogen-bond donors (Lipinski definition) is 4. The number of fused-ring (bicyclic) bond motifs is 1. The number of aromatic nitrogens is 1. The molecule has 2 aromatic carbocycles. The molecule has 7 nitrogen and oxygen atoms in total. The predicted molar refractivity (Wildman–Crippen MR) is 144 cm³/mol. The van der Waals surface area contributed by atoms with Crippen LogP contribution in [0, 0.1) is 0 Å². The average Bonchev–Trinajstić information content (AvgIpc) is 2.92. The second-order valence-electron chi connectivity index (χ2n) is 9.28. The molecule has 0 bridgehead atoms. The van der Waals surface area contributed by atoms with Gasteiger partial charge in [-0.3, -0.25) is 14.6 Å². The lowest BCUT2D eigenvalue weighted by Gasteiger charge is -2.19. The molecule has 2 aliphatic rings. The molecule has 188 valence electrons. The maximum Gasteiger partial charge on any atom is 0.253 e. The molecule has 0 spiro atoms. The molecule has 0 radical (unpaired) electrons. The van der Waals surface area contributed by atoms with Crippen LogP contribution in [-0.2, 0) is 17.8 Å². The smallest absolute Gasteiger partial charge is 0.253 e. The molecule has 0 saturated heterocycles. The first-order valence-electron chi connectivity index (χ1n) is 12.6. The Morgan fingerprint density at radius 3 is 2.65 bits per heavy atom. The summed E-state index contributed by atoms with van der Waals surface area (Å²) in [5.74, 6) is 0.0654. The van der Waals surface area contributed by atoms with Gasteiger partial charge in [-0.05, 0) is 35.8 Å². The molecule has 4 N–H and O–H groups in total. The van der Waals surface area contributed by atoms with E-state index in [0.717, 1.165) is 33.6 Å². The first-order valence-corrected chi connectivity index (χ1v) is 12.6. The SMILES string of the molecule is O=C(CCNCc1ccc(-c2nc3c(cc2-c2ccccc2)C(=O)NCC3)cc1)NC1C=C(O)C=CC1. The number of nitrogens with one attached hydrogen (secondary N) is 3. The zero-order valence-corrected chi connectivity index (χ0v) is 20.5. The van der Waals surface area contributed by atoms with E-state index < -0.39 is 0 Å². The number of rotatable bonds is 8. The third kappa shape index (κ3) is 5.95. The topological polar surface area (TPSA) is 103 Å². The van der Waals surface area contributed by atoms with Gasteiger partial charge in [-0.1, -0.05) is 60.7 Å². The Labute approximate surface area is 216 Å². The summed E-state index contributed by atoms with van der Waals surface area (Å²) in [7, 11) is 0. The highest BCUT2D eigenvalue weighted by Gasteiger charge is 2.22. The van der Waals surface area contributed by atoms with Crippen molar-refractivity contribution in [3.05, 3.63) is 101 Å². The highest BCUT2D eigenvalue weighted by atomic mass is 16.3. The molecule has 5 rings (SSSR count). The van der Waals surface area contributed by atoms with Gasteiger partial charge in [-0.15, -0.1) is 0 Å². The minimum atomic E-state index is -0.155.